The number of nitrogens with zero attached hydrogens (tertiary/aromatic N) is 2. The van der Waals surface area contributed by atoms with Crippen molar-refractivity contribution in [3.05, 3.63) is 24.0 Å². The second kappa shape index (κ2) is 6.87. The quantitative estimate of drug-likeness (QED) is 0.883. The van der Waals surface area contributed by atoms with Gasteiger partial charge in [-0.2, -0.15) is 0 Å². The molecular weight excluding hydrogens is 238 g/mol. The highest BCUT2D eigenvalue weighted by atomic mass is 16.5. The van der Waals surface area contributed by atoms with E-state index < -0.39 is 0 Å². The molecular formula is C15H25N3O. The Morgan fingerprint density at radius 3 is 2.84 bits per heavy atom. The number of nitrogens with one attached hydrogen (secondary N) is 1. The molecule has 0 unspecified atom stereocenters. The molecule has 0 aliphatic carbocycles. The number of hydrogen-bond acceptors (Lipinski definition) is 4. The van der Waals surface area contributed by atoms with Crippen LogP contribution in [-0.2, 0) is 11.3 Å². The van der Waals surface area contributed by atoms with Crippen molar-refractivity contribution in [1.82, 2.24) is 10.3 Å². The second-order valence-corrected chi connectivity index (χ2v) is 5.49. The summed E-state index contributed by atoms with van der Waals surface area (Å²) in [5.41, 5.74) is 2.56. The van der Waals surface area contributed by atoms with Crippen LogP contribution in [0.4, 0.5) is 5.69 Å². The molecule has 2 heterocycles. The van der Waals surface area contributed by atoms with E-state index in [1.54, 1.807) is 0 Å². The van der Waals surface area contributed by atoms with Crippen LogP contribution in [0.5, 0.6) is 0 Å². The first kappa shape index (κ1) is 14.3. The van der Waals surface area contributed by atoms with Gasteiger partial charge in [0.2, 0.25) is 0 Å². The minimum atomic E-state index is 0.487. The van der Waals surface area contributed by atoms with Crippen molar-refractivity contribution in [1.29, 1.82) is 0 Å². The minimum Gasteiger partial charge on any atom is -0.381 e. The fourth-order valence-electron chi connectivity index (χ4n) is 2.48. The lowest BCUT2D eigenvalue weighted by Gasteiger charge is -2.34. The summed E-state index contributed by atoms with van der Waals surface area (Å²) in [6.45, 7) is 6.95. The molecule has 1 aliphatic heterocycles. The maximum Gasteiger partial charge on any atom is 0.0485 e. The van der Waals surface area contributed by atoms with Crippen LogP contribution in [0.25, 0.3) is 0 Å². The Hall–Kier alpha value is -1.13. The molecule has 0 aromatic carbocycles. The van der Waals surface area contributed by atoms with Gasteiger partial charge in [0.15, 0.2) is 0 Å². The minimum absolute atomic E-state index is 0.487. The molecule has 0 atom stereocenters. The van der Waals surface area contributed by atoms with Crippen LogP contribution in [0.2, 0.25) is 0 Å². The van der Waals surface area contributed by atoms with Gasteiger partial charge in [0.25, 0.3) is 0 Å². The molecule has 1 aliphatic rings. The number of ether oxygens (including phenoxy) is 1. The summed E-state index contributed by atoms with van der Waals surface area (Å²) < 4.78 is 5.44. The largest absolute Gasteiger partial charge is 0.381 e. The van der Waals surface area contributed by atoms with Gasteiger partial charge < -0.3 is 15.0 Å². The van der Waals surface area contributed by atoms with Crippen LogP contribution in [0.15, 0.2) is 18.5 Å². The molecule has 0 saturated carbocycles. The van der Waals surface area contributed by atoms with E-state index in [0.717, 1.165) is 32.6 Å². The Labute approximate surface area is 116 Å². The van der Waals surface area contributed by atoms with E-state index in [4.69, 9.17) is 4.74 Å². The van der Waals surface area contributed by atoms with E-state index in [1.807, 2.05) is 12.4 Å². The number of rotatable bonds is 5. The topological polar surface area (TPSA) is 37.4 Å². The zero-order valence-corrected chi connectivity index (χ0v) is 12.2. The number of aromatic nitrogens is 1. The molecule has 1 saturated heterocycles. The number of hydrogen-bond donors (Lipinski definition) is 1. The van der Waals surface area contributed by atoms with Crippen molar-refractivity contribution in [3.8, 4) is 0 Å². The Morgan fingerprint density at radius 2 is 2.16 bits per heavy atom. The van der Waals surface area contributed by atoms with E-state index >= 15 is 0 Å². The summed E-state index contributed by atoms with van der Waals surface area (Å²) in [5, 5.41) is 3.47. The zero-order chi connectivity index (χ0) is 13.7. The van der Waals surface area contributed by atoms with Gasteiger partial charge >= 0.3 is 0 Å². The van der Waals surface area contributed by atoms with Gasteiger partial charge in [-0.15, -0.1) is 0 Å². The van der Waals surface area contributed by atoms with Crippen LogP contribution in [-0.4, -0.2) is 37.3 Å². The van der Waals surface area contributed by atoms with Gasteiger partial charge in [0.05, 0.1) is 0 Å². The molecule has 4 nitrogen and oxygen atoms in total. The van der Waals surface area contributed by atoms with Crippen molar-refractivity contribution in [2.75, 3.05) is 25.2 Å². The molecule has 0 radical (unpaired) electrons. The summed E-state index contributed by atoms with van der Waals surface area (Å²) >= 11 is 0. The maximum atomic E-state index is 5.44. The fourth-order valence-corrected chi connectivity index (χ4v) is 2.48. The monoisotopic (exact) mass is 263 g/mol. The third-order valence-electron chi connectivity index (χ3n) is 3.70. The Bertz CT molecular complexity index is 389. The molecule has 2 rings (SSSR count). The van der Waals surface area contributed by atoms with Crippen LogP contribution in [0, 0.1) is 0 Å². The Balaban J connectivity index is 2.08. The van der Waals surface area contributed by atoms with Crippen molar-refractivity contribution in [2.45, 2.75) is 45.3 Å². The third kappa shape index (κ3) is 3.91. The van der Waals surface area contributed by atoms with Gasteiger partial charge in [-0.1, -0.05) is 13.8 Å². The molecule has 0 bridgehead atoms. The lowest BCUT2D eigenvalue weighted by Crippen LogP contribution is -2.37. The molecule has 1 aromatic heterocycles. The van der Waals surface area contributed by atoms with Gasteiger partial charge in [-0.3, -0.25) is 4.98 Å². The molecule has 4 heteroatoms. The predicted octanol–water partition coefficient (Wildman–Crippen LogP) is 2.19. The molecule has 106 valence electrons. The summed E-state index contributed by atoms with van der Waals surface area (Å²) in [6.07, 6.45) is 6.07. The Morgan fingerprint density at radius 1 is 1.42 bits per heavy atom. The second-order valence-electron chi connectivity index (χ2n) is 5.49. The first-order valence-corrected chi connectivity index (χ1v) is 7.15. The predicted molar refractivity (Wildman–Crippen MR) is 78.5 cm³/mol. The van der Waals surface area contributed by atoms with Crippen molar-refractivity contribution in [2.24, 2.45) is 0 Å². The number of pyridine rings is 1. The normalized spacial score (nSPS) is 16.8. The van der Waals surface area contributed by atoms with E-state index in [0.29, 0.717) is 12.1 Å². The molecule has 0 spiro atoms. The summed E-state index contributed by atoms with van der Waals surface area (Å²) in [7, 11) is 2.18. The first-order valence-electron chi connectivity index (χ1n) is 7.15. The van der Waals surface area contributed by atoms with Gasteiger partial charge in [-0.05, 0) is 18.9 Å². The van der Waals surface area contributed by atoms with Gasteiger partial charge in [0.1, 0.15) is 0 Å². The SMILES string of the molecule is CC(C)NCc1cnccc1N(C)C1CCOCC1. The summed E-state index contributed by atoms with van der Waals surface area (Å²) in [5.74, 6) is 0. The highest BCUT2D eigenvalue weighted by molar-refractivity contribution is 5.52. The molecule has 1 aromatic rings. The van der Waals surface area contributed by atoms with E-state index in [2.05, 4.69) is 42.2 Å². The van der Waals surface area contributed by atoms with Crippen LogP contribution in [0.3, 0.4) is 0 Å². The lowest BCUT2D eigenvalue weighted by molar-refractivity contribution is 0.0854. The lowest BCUT2D eigenvalue weighted by atomic mass is 10.1. The summed E-state index contributed by atoms with van der Waals surface area (Å²) in [4.78, 5) is 6.65. The molecule has 0 amide bonds. The molecule has 19 heavy (non-hydrogen) atoms. The van der Waals surface area contributed by atoms with Gasteiger partial charge in [0, 0.05) is 62.5 Å². The van der Waals surface area contributed by atoms with E-state index in [9.17, 15) is 0 Å². The van der Waals surface area contributed by atoms with Gasteiger partial charge in [-0.25, -0.2) is 0 Å². The van der Waals surface area contributed by atoms with Crippen LogP contribution < -0.4 is 10.2 Å². The van der Waals surface area contributed by atoms with Crippen molar-refractivity contribution < 1.29 is 4.74 Å². The van der Waals surface area contributed by atoms with E-state index in [1.165, 1.54) is 11.3 Å². The Kier molecular flexibility index (Phi) is 5.16. The summed E-state index contributed by atoms with van der Waals surface area (Å²) in [6, 6.07) is 3.18. The van der Waals surface area contributed by atoms with Crippen LogP contribution >= 0.6 is 0 Å². The highest BCUT2D eigenvalue weighted by Gasteiger charge is 2.20. The zero-order valence-electron chi connectivity index (χ0n) is 12.2. The van der Waals surface area contributed by atoms with Crippen molar-refractivity contribution in [3.63, 3.8) is 0 Å². The average Bonchev–Trinajstić information content (AvgIpc) is 2.45. The highest BCUT2D eigenvalue weighted by Crippen LogP contribution is 2.24. The third-order valence-corrected chi connectivity index (χ3v) is 3.70. The fraction of sp³-hybridized carbons (Fsp3) is 0.667. The smallest absolute Gasteiger partial charge is 0.0485 e. The average molecular weight is 263 g/mol. The standard InChI is InChI=1S/C15H25N3O/c1-12(2)17-11-13-10-16-7-4-15(13)18(3)14-5-8-19-9-6-14/h4,7,10,12,14,17H,5-6,8-9,11H2,1-3H3. The maximum absolute atomic E-state index is 5.44. The van der Waals surface area contributed by atoms with Crippen molar-refractivity contribution >= 4 is 5.69 Å². The molecule has 1 fully saturated rings. The van der Waals surface area contributed by atoms with Crippen LogP contribution in [0.1, 0.15) is 32.3 Å². The van der Waals surface area contributed by atoms with E-state index in [-0.39, 0.29) is 0 Å². The first-order chi connectivity index (χ1) is 9.18. The number of anilines is 1. The molecule has 1 N–H and O–H groups in total.